The molecular weight excluding hydrogens is 180 g/mol. The number of halogens is 1. The molecule has 1 aromatic carbocycles. The minimum absolute atomic E-state index is 0.336. The van der Waals surface area contributed by atoms with Crippen molar-refractivity contribution in [1.29, 1.82) is 0 Å². The zero-order chi connectivity index (χ0) is 10.1. The summed E-state index contributed by atoms with van der Waals surface area (Å²) in [5.74, 6) is 0.221. The zero-order valence-electron chi connectivity index (χ0n) is 7.61. The first kappa shape index (κ1) is 8.93. The summed E-state index contributed by atoms with van der Waals surface area (Å²) in [6.07, 6.45) is 1.54. The topological polar surface area (TPSA) is 30.7 Å². The first-order valence-electron chi connectivity index (χ1n) is 4.08. The summed E-state index contributed by atoms with van der Waals surface area (Å²) in [4.78, 5) is 0. The molecule has 3 nitrogen and oxygen atoms in total. The third kappa shape index (κ3) is 1.41. The lowest BCUT2D eigenvalue weighted by Gasteiger charge is -2.04. The highest BCUT2D eigenvalue weighted by atomic mass is 19.1. The van der Waals surface area contributed by atoms with Gasteiger partial charge in [-0.25, -0.2) is 4.39 Å². The monoisotopic (exact) mass is 187 g/mol. The molecule has 0 saturated heterocycles. The second-order valence-corrected chi connectivity index (χ2v) is 3.00. The predicted octanol–water partition coefficient (Wildman–Crippen LogP) is 0.415. The van der Waals surface area contributed by atoms with Gasteiger partial charge in [-0.3, -0.25) is 0 Å². The average Bonchev–Trinajstić information content (AvgIpc) is 2.56. The van der Waals surface area contributed by atoms with Crippen LogP contribution in [-0.2, 0) is 7.05 Å². The fraction of sp³-hybridized carbons (Fsp3) is 0.111. The molecule has 2 rings (SSSR count). The van der Waals surface area contributed by atoms with Crippen LogP contribution < -0.4 is 5.46 Å². The Morgan fingerprint density at radius 3 is 2.86 bits per heavy atom. The molecule has 0 unspecified atom stereocenters. The van der Waals surface area contributed by atoms with Crippen LogP contribution in [0.1, 0.15) is 0 Å². The van der Waals surface area contributed by atoms with Crippen molar-refractivity contribution in [3.63, 3.8) is 0 Å². The van der Waals surface area contributed by atoms with Crippen LogP contribution in [-0.4, -0.2) is 22.6 Å². The highest BCUT2D eigenvalue weighted by molar-refractivity contribution is 6.35. The van der Waals surface area contributed by atoms with Crippen LogP contribution in [0.25, 0.3) is 11.4 Å². The summed E-state index contributed by atoms with van der Waals surface area (Å²) in [7, 11) is 7.48. The molecule has 1 heterocycles. The summed E-state index contributed by atoms with van der Waals surface area (Å²) in [5, 5.41) is 7.56. The molecule has 1 aromatic heterocycles. The van der Waals surface area contributed by atoms with Crippen molar-refractivity contribution < 1.29 is 4.39 Å². The van der Waals surface area contributed by atoms with E-state index in [2.05, 4.69) is 10.2 Å². The van der Waals surface area contributed by atoms with E-state index < -0.39 is 0 Å². The molecular formula is C9H7BFN3. The van der Waals surface area contributed by atoms with Crippen LogP contribution in [0.4, 0.5) is 4.39 Å². The van der Waals surface area contributed by atoms with Gasteiger partial charge in [0.2, 0.25) is 0 Å². The smallest absolute Gasteiger partial charge is 0.162 e. The van der Waals surface area contributed by atoms with Crippen molar-refractivity contribution in [2.24, 2.45) is 7.05 Å². The molecule has 0 N–H and O–H groups in total. The average molecular weight is 187 g/mol. The van der Waals surface area contributed by atoms with Gasteiger partial charge in [0.1, 0.15) is 20.0 Å². The Balaban J connectivity index is 2.62. The molecule has 0 amide bonds. The second-order valence-electron chi connectivity index (χ2n) is 3.00. The van der Waals surface area contributed by atoms with Gasteiger partial charge in [0, 0.05) is 12.6 Å². The molecule has 0 bridgehead atoms. The number of hydrogen-bond donors (Lipinski definition) is 0. The van der Waals surface area contributed by atoms with Gasteiger partial charge in [-0.05, 0) is 12.1 Å². The molecule has 14 heavy (non-hydrogen) atoms. The first-order valence-corrected chi connectivity index (χ1v) is 4.08. The molecule has 0 fully saturated rings. The largest absolute Gasteiger partial charge is 0.317 e. The van der Waals surface area contributed by atoms with Crippen LogP contribution >= 0.6 is 0 Å². The Bertz CT molecular complexity index is 467. The Morgan fingerprint density at radius 2 is 2.21 bits per heavy atom. The van der Waals surface area contributed by atoms with Crippen LogP contribution in [0, 0.1) is 5.82 Å². The number of hydrogen-bond acceptors (Lipinski definition) is 2. The van der Waals surface area contributed by atoms with E-state index in [4.69, 9.17) is 7.85 Å². The standard InChI is InChI=1S/C9H7BFN3/c1-14-5-12-13-9(14)7-4-6(11)2-3-8(7)10/h2-5H,1H3. The van der Waals surface area contributed by atoms with Gasteiger partial charge >= 0.3 is 0 Å². The van der Waals surface area contributed by atoms with Gasteiger partial charge in [-0.1, -0.05) is 11.5 Å². The number of rotatable bonds is 1. The normalized spacial score (nSPS) is 10.4. The third-order valence-electron chi connectivity index (χ3n) is 1.97. The number of aryl methyl sites for hydroxylation is 1. The Kier molecular flexibility index (Phi) is 2.07. The maximum Gasteiger partial charge on any atom is 0.162 e. The lowest BCUT2D eigenvalue weighted by atomic mass is 9.90. The fourth-order valence-electron chi connectivity index (χ4n) is 1.25. The van der Waals surface area contributed by atoms with Crippen LogP contribution in [0.3, 0.4) is 0 Å². The van der Waals surface area contributed by atoms with Gasteiger partial charge in [0.25, 0.3) is 0 Å². The van der Waals surface area contributed by atoms with Crippen molar-refractivity contribution in [1.82, 2.24) is 14.8 Å². The fourth-order valence-corrected chi connectivity index (χ4v) is 1.25. The third-order valence-corrected chi connectivity index (χ3v) is 1.97. The predicted molar refractivity (Wildman–Crippen MR) is 51.8 cm³/mol. The molecule has 0 spiro atoms. The SMILES string of the molecule is [B]c1ccc(F)cc1-c1nncn1C. The molecule has 0 aliphatic heterocycles. The molecule has 0 aliphatic carbocycles. The Labute approximate surface area is 82.0 Å². The quantitative estimate of drug-likeness (QED) is 0.605. The minimum Gasteiger partial charge on any atom is -0.317 e. The molecule has 2 radical (unpaired) electrons. The van der Waals surface area contributed by atoms with Crippen molar-refractivity contribution in [3.8, 4) is 11.4 Å². The van der Waals surface area contributed by atoms with Crippen LogP contribution in [0.2, 0.25) is 0 Å². The minimum atomic E-state index is -0.336. The van der Waals surface area contributed by atoms with E-state index in [9.17, 15) is 4.39 Å². The number of benzene rings is 1. The molecule has 0 atom stereocenters. The second kappa shape index (κ2) is 3.25. The molecule has 5 heteroatoms. The van der Waals surface area contributed by atoms with E-state index in [0.29, 0.717) is 16.9 Å². The van der Waals surface area contributed by atoms with E-state index in [1.807, 2.05) is 0 Å². The summed E-state index contributed by atoms with van der Waals surface area (Å²) in [6, 6.07) is 4.17. The highest BCUT2D eigenvalue weighted by Crippen LogP contribution is 2.13. The Morgan fingerprint density at radius 1 is 1.43 bits per heavy atom. The molecule has 2 aromatic rings. The lowest BCUT2D eigenvalue weighted by molar-refractivity contribution is 0.628. The summed E-state index contributed by atoms with van der Waals surface area (Å²) in [5.41, 5.74) is 1.05. The van der Waals surface area contributed by atoms with Crippen LogP contribution in [0.15, 0.2) is 24.5 Å². The van der Waals surface area contributed by atoms with Crippen molar-refractivity contribution >= 4 is 13.3 Å². The molecule has 0 aliphatic rings. The van der Waals surface area contributed by atoms with E-state index >= 15 is 0 Å². The van der Waals surface area contributed by atoms with Crippen molar-refractivity contribution in [2.75, 3.05) is 0 Å². The van der Waals surface area contributed by atoms with Gasteiger partial charge in [0.15, 0.2) is 5.82 Å². The summed E-state index contributed by atoms with van der Waals surface area (Å²) in [6.45, 7) is 0. The maximum absolute atomic E-state index is 13.0. The lowest BCUT2D eigenvalue weighted by Crippen LogP contribution is -2.09. The Hall–Kier alpha value is -1.65. The highest BCUT2D eigenvalue weighted by Gasteiger charge is 2.07. The zero-order valence-corrected chi connectivity index (χ0v) is 7.61. The number of nitrogens with zero attached hydrogens (tertiary/aromatic N) is 3. The maximum atomic E-state index is 13.0. The van der Waals surface area contributed by atoms with Crippen molar-refractivity contribution in [2.45, 2.75) is 0 Å². The van der Waals surface area contributed by atoms with Gasteiger partial charge in [-0.2, -0.15) is 0 Å². The summed E-state index contributed by atoms with van der Waals surface area (Å²) >= 11 is 0. The summed E-state index contributed by atoms with van der Waals surface area (Å²) < 4.78 is 14.6. The first-order chi connectivity index (χ1) is 6.68. The van der Waals surface area contributed by atoms with E-state index in [1.54, 1.807) is 17.9 Å². The number of aromatic nitrogens is 3. The van der Waals surface area contributed by atoms with Gasteiger partial charge in [0.05, 0.1) is 0 Å². The van der Waals surface area contributed by atoms with E-state index in [-0.39, 0.29) is 5.82 Å². The van der Waals surface area contributed by atoms with E-state index in [1.165, 1.54) is 18.2 Å². The molecule has 68 valence electrons. The van der Waals surface area contributed by atoms with Gasteiger partial charge < -0.3 is 4.57 Å². The van der Waals surface area contributed by atoms with Gasteiger partial charge in [-0.15, -0.1) is 10.2 Å². The molecule has 0 saturated carbocycles. The van der Waals surface area contributed by atoms with Crippen molar-refractivity contribution in [3.05, 3.63) is 30.3 Å². The van der Waals surface area contributed by atoms with Crippen LogP contribution in [0.5, 0.6) is 0 Å². The van der Waals surface area contributed by atoms with E-state index in [0.717, 1.165) is 0 Å².